The molecule has 1 fully saturated rings. The fourth-order valence-corrected chi connectivity index (χ4v) is 4.30. The van der Waals surface area contributed by atoms with Gasteiger partial charge in [-0.1, -0.05) is 24.3 Å². The molecule has 0 radical (unpaired) electrons. The van der Waals surface area contributed by atoms with E-state index in [1.807, 2.05) is 6.07 Å². The molecule has 40 heavy (non-hydrogen) atoms. The van der Waals surface area contributed by atoms with Crippen LogP contribution in [-0.2, 0) is 12.7 Å². The molecule has 0 aliphatic heterocycles. The van der Waals surface area contributed by atoms with Crippen molar-refractivity contribution in [3.63, 3.8) is 0 Å². The van der Waals surface area contributed by atoms with Crippen molar-refractivity contribution in [1.29, 1.82) is 0 Å². The van der Waals surface area contributed by atoms with Crippen molar-refractivity contribution >= 4 is 17.7 Å². The van der Waals surface area contributed by atoms with Crippen molar-refractivity contribution < 1.29 is 27.9 Å². The van der Waals surface area contributed by atoms with Crippen LogP contribution in [0, 0.1) is 5.92 Å². The molecule has 208 valence electrons. The number of amides is 2. The molecule has 1 aliphatic carbocycles. The number of rotatable bonds is 10. The number of hydrogen-bond acceptors (Lipinski definition) is 5. The summed E-state index contributed by atoms with van der Waals surface area (Å²) in [5, 5.41) is 27.8. The fourth-order valence-electron chi connectivity index (χ4n) is 4.30. The molecule has 4 aromatic rings. The second-order valence-corrected chi connectivity index (χ2v) is 9.55. The number of carbonyl (C=O) groups is 2. The maximum Gasteiger partial charge on any atom is 0.435 e. The lowest BCUT2D eigenvalue weighted by Gasteiger charge is -2.19. The van der Waals surface area contributed by atoms with Crippen molar-refractivity contribution in [2.75, 3.05) is 11.9 Å². The highest BCUT2D eigenvalue weighted by Crippen LogP contribution is 2.32. The Labute approximate surface area is 226 Å². The Hall–Kier alpha value is -4.65. The predicted octanol–water partition coefficient (Wildman–Crippen LogP) is 4.72. The monoisotopic (exact) mass is 553 g/mol. The molecule has 1 unspecified atom stereocenters. The van der Waals surface area contributed by atoms with Crippen LogP contribution >= 0.6 is 0 Å². The number of halogens is 3. The number of nitrogens with zero attached hydrogens (tertiary/aromatic N) is 3. The number of aromatic amines is 1. The maximum absolute atomic E-state index is 13.6. The average molecular weight is 554 g/mol. The smallest absolute Gasteiger partial charge is 0.435 e. The van der Waals surface area contributed by atoms with Gasteiger partial charge >= 0.3 is 12.3 Å². The van der Waals surface area contributed by atoms with Crippen LogP contribution in [-0.4, -0.2) is 43.6 Å². The second kappa shape index (κ2) is 11.2. The Balaban J connectivity index is 1.42. The first-order chi connectivity index (χ1) is 19.2. The highest BCUT2D eigenvalue weighted by molar-refractivity contribution is 6.03. The first kappa shape index (κ1) is 26.9. The number of carbonyl (C=O) groups excluding carboxylic acids is 1. The lowest BCUT2D eigenvalue weighted by molar-refractivity contribution is -0.141. The third-order valence-corrected chi connectivity index (χ3v) is 6.47. The average Bonchev–Trinajstić information content (AvgIpc) is 3.37. The quantitative estimate of drug-likeness (QED) is 0.193. The number of alkyl halides is 3. The number of aromatic nitrogens is 4. The molecule has 0 saturated heterocycles. The van der Waals surface area contributed by atoms with E-state index in [1.165, 1.54) is 25.0 Å². The molecule has 1 aliphatic rings. The molecule has 2 amide bonds. The molecular formula is C27H26F3N7O3. The summed E-state index contributed by atoms with van der Waals surface area (Å²) in [6.07, 6.45) is -0.181. The number of carboxylic acid groups (broad SMARTS) is 1. The predicted molar refractivity (Wildman–Crippen MR) is 139 cm³/mol. The van der Waals surface area contributed by atoms with E-state index in [4.69, 9.17) is 5.11 Å². The Morgan fingerprint density at radius 3 is 2.60 bits per heavy atom. The van der Waals surface area contributed by atoms with Gasteiger partial charge in [-0.2, -0.15) is 23.4 Å². The molecule has 2 aromatic heterocycles. The van der Waals surface area contributed by atoms with Gasteiger partial charge in [-0.25, -0.2) is 9.48 Å². The van der Waals surface area contributed by atoms with Gasteiger partial charge in [0.25, 0.3) is 5.91 Å². The van der Waals surface area contributed by atoms with Crippen LogP contribution in [0.25, 0.3) is 5.69 Å². The molecule has 2 aromatic carbocycles. The van der Waals surface area contributed by atoms with Crippen molar-refractivity contribution in [2.45, 2.75) is 31.6 Å². The lowest BCUT2D eigenvalue weighted by Crippen LogP contribution is -2.24. The van der Waals surface area contributed by atoms with Gasteiger partial charge in [0.1, 0.15) is 5.69 Å². The molecule has 1 atom stereocenters. The molecule has 1 saturated carbocycles. The van der Waals surface area contributed by atoms with Crippen LogP contribution in [0.4, 0.5) is 23.7 Å². The Morgan fingerprint density at radius 1 is 1.10 bits per heavy atom. The van der Waals surface area contributed by atoms with E-state index in [1.54, 1.807) is 42.7 Å². The number of benzene rings is 2. The van der Waals surface area contributed by atoms with Crippen molar-refractivity contribution in [3.05, 3.63) is 95.1 Å². The van der Waals surface area contributed by atoms with E-state index in [0.29, 0.717) is 23.2 Å². The summed E-state index contributed by atoms with van der Waals surface area (Å²) < 4.78 is 41.7. The summed E-state index contributed by atoms with van der Waals surface area (Å²) in [4.78, 5) is 24.2. The summed E-state index contributed by atoms with van der Waals surface area (Å²) in [6.45, 7) is 0.754. The SMILES string of the molecule is O=C(O)NCc1cccc(-n2nc(C(F)(F)F)cc2C(=O)Nc2cccc(C(NCC3CC3)c3cn[nH]c3)c2)c1. The van der Waals surface area contributed by atoms with E-state index >= 15 is 0 Å². The Morgan fingerprint density at radius 2 is 1.90 bits per heavy atom. The molecule has 0 bridgehead atoms. The van der Waals surface area contributed by atoms with Gasteiger partial charge in [0.2, 0.25) is 0 Å². The molecular weight excluding hydrogens is 527 g/mol. The third kappa shape index (κ3) is 6.49. The van der Waals surface area contributed by atoms with E-state index in [2.05, 4.69) is 31.2 Å². The van der Waals surface area contributed by atoms with Crippen LogP contribution in [0.1, 0.15) is 51.8 Å². The van der Waals surface area contributed by atoms with Crippen molar-refractivity contribution in [2.24, 2.45) is 5.92 Å². The zero-order valence-electron chi connectivity index (χ0n) is 21.1. The van der Waals surface area contributed by atoms with E-state index < -0.39 is 23.9 Å². The Kier molecular flexibility index (Phi) is 7.56. The largest absolute Gasteiger partial charge is 0.465 e. The number of anilines is 1. The summed E-state index contributed by atoms with van der Waals surface area (Å²) in [6, 6.07) is 13.7. The van der Waals surface area contributed by atoms with E-state index in [-0.39, 0.29) is 24.0 Å². The first-order valence-electron chi connectivity index (χ1n) is 12.5. The van der Waals surface area contributed by atoms with Crippen LogP contribution in [0.2, 0.25) is 0 Å². The molecule has 0 spiro atoms. The van der Waals surface area contributed by atoms with Gasteiger partial charge in [0.05, 0.1) is 17.9 Å². The normalized spacial score (nSPS) is 14.1. The zero-order chi connectivity index (χ0) is 28.3. The number of H-pyrrole nitrogens is 1. The number of nitrogens with one attached hydrogen (secondary N) is 4. The van der Waals surface area contributed by atoms with Crippen molar-refractivity contribution in [3.8, 4) is 5.69 Å². The van der Waals surface area contributed by atoms with E-state index in [0.717, 1.165) is 22.4 Å². The lowest BCUT2D eigenvalue weighted by atomic mass is 10.0. The highest BCUT2D eigenvalue weighted by atomic mass is 19.4. The minimum atomic E-state index is -4.78. The molecule has 5 rings (SSSR count). The summed E-state index contributed by atoms with van der Waals surface area (Å²) >= 11 is 0. The van der Waals surface area contributed by atoms with Crippen LogP contribution in [0.5, 0.6) is 0 Å². The summed E-state index contributed by atoms with van der Waals surface area (Å²) in [7, 11) is 0. The molecule has 5 N–H and O–H groups in total. The topological polar surface area (TPSA) is 137 Å². The third-order valence-electron chi connectivity index (χ3n) is 6.47. The zero-order valence-corrected chi connectivity index (χ0v) is 21.1. The fraction of sp³-hybridized carbons (Fsp3) is 0.259. The minimum Gasteiger partial charge on any atom is -0.465 e. The maximum atomic E-state index is 13.6. The van der Waals surface area contributed by atoms with E-state index in [9.17, 15) is 22.8 Å². The molecule has 13 heteroatoms. The van der Waals surface area contributed by atoms with Gasteiger partial charge < -0.3 is 21.1 Å². The molecule has 10 nitrogen and oxygen atoms in total. The van der Waals surface area contributed by atoms with Gasteiger partial charge in [0.15, 0.2) is 5.69 Å². The van der Waals surface area contributed by atoms with Gasteiger partial charge in [-0.3, -0.25) is 9.89 Å². The summed E-state index contributed by atoms with van der Waals surface area (Å²) in [5.41, 5.74) is 1.24. The molecule has 2 heterocycles. The van der Waals surface area contributed by atoms with Gasteiger partial charge in [-0.15, -0.1) is 0 Å². The van der Waals surface area contributed by atoms with Crippen LogP contribution < -0.4 is 16.0 Å². The van der Waals surface area contributed by atoms with Gasteiger partial charge in [-0.05, 0) is 60.7 Å². The minimum absolute atomic E-state index is 0.0719. The standard InChI is InChI=1S/C27H26F3N7O3/c28-27(29,30)23-11-22(37(36-23)21-6-1-3-17(9-21)13-32-26(39)40)25(38)35-20-5-2-4-18(10-20)24(19-14-33-34-15-19)31-12-16-7-8-16/h1-6,9-11,14-16,24,31-32H,7-8,12-13H2,(H,33,34)(H,35,38)(H,39,40). The second-order valence-electron chi connectivity index (χ2n) is 9.55. The number of hydrogen-bond donors (Lipinski definition) is 5. The van der Waals surface area contributed by atoms with Crippen LogP contribution in [0.15, 0.2) is 67.0 Å². The van der Waals surface area contributed by atoms with Crippen molar-refractivity contribution in [1.82, 2.24) is 30.6 Å². The summed E-state index contributed by atoms with van der Waals surface area (Å²) in [5.74, 6) is -0.168. The van der Waals surface area contributed by atoms with Gasteiger partial charge in [0, 0.05) is 30.1 Å². The van der Waals surface area contributed by atoms with Crippen LogP contribution in [0.3, 0.4) is 0 Å². The highest BCUT2D eigenvalue weighted by Gasteiger charge is 2.36. The first-order valence-corrected chi connectivity index (χ1v) is 12.5. The Bertz CT molecular complexity index is 1500.